The molecular weight excluding hydrogens is 654 g/mol. The van der Waals surface area contributed by atoms with Crippen LogP contribution in [0.2, 0.25) is 0 Å². The van der Waals surface area contributed by atoms with Gasteiger partial charge in [-0.2, -0.15) is 0 Å². The Hall–Kier alpha value is -5.48. The van der Waals surface area contributed by atoms with Gasteiger partial charge in [0.15, 0.2) is 0 Å². The molecule has 0 unspecified atom stereocenters. The van der Waals surface area contributed by atoms with E-state index in [1.165, 1.54) is 23.1 Å². The summed E-state index contributed by atoms with van der Waals surface area (Å²) in [6, 6.07) is 37.3. The van der Waals surface area contributed by atoms with E-state index in [9.17, 15) is 18.0 Å². The number of hydrogen-bond donors (Lipinski definition) is 1. The molecule has 5 rings (SSSR count). The molecule has 0 saturated carbocycles. The van der Waals surface area contributed by atoms with Crippen molar-refractivity contribution in [2.45, 2.75) is 50.2 Å². The summed E-state index contributed by atoms with van der Waals surface area (Å²) in [5, 5.41) is 2.98. The fraction of sp³-hybridized carbons (Fsp3) is 0.200. The maximum atomic E-state index is 15.1. The van der Waals surface area contributed by atoms with E-state index in [1.54, 1.807) is 72.8 Å². The Bertz CT molecular complexity index is 1960. The number of carbonyl (C=O) groups is 2. The lowest BCUT2D eigenvalue weighted by Gasteiger charge is -2.34. The zero-order valence-corrected chi connectivity index (χ0v) is 28.8. The number of nitrogens with zero attached hydrogens (tertiary/aromatic N) is 2. The van der Waals surface area contributed by atoms with Crippen LogP contribution in [0.15, 0.2) is 144 Å². The number of hydrogen-bond acceptors (Lipinski definition) is 5. The Morgan fingerprint density at radius 3 is 1.94 bits per heavy atom. The first kappa shape index (κ1) is 35.8. The van der Waals surface area contributed by atoms with Gasteiger partial charge in [0.2, 0.25) is 11.8 Å². The Morgan fingerprint density at radius 2 is 1.32 bits per heavy atom. The molecule has 1 N–H and O–H groups in total. The van der Waals surface area contributed by atoms with Gasteiger partial charge in [-0.15, -0.1) is 0 Å². The van der Waals surface area contributed by atoms with E-state index in [1.807, 2.05) is 62.4 Å². The van der Waals surface area contributed by atoms with Crippen LogP contribution in [0, 0.1) is 5.82 Å². The van der Waals surface area contributed by atoms with Crippen LogP contribution in [0.25, 0.3) is 0 Å². The summed E-state index contributed by atoms with van der Waals surface area (Å²) in [7, 11) is -4.29. The van der Waals surface area contributed by atoms with E-state index in [4.69, 9.17) is 4.74 Å². The fourth-order valence-electron chi connectivity index (χ4n) is 5.36. The van der Waals surface area contributed by atoms with Crippen LogP contribution in [0.4, 0.5) is 10.1 Å². The molecule has 0 fully saturated rings. The predicted molar refractivity (Wildman–Crippen MR) is 193 cm³/mol. The second kappa shape index (κ2) is 16.8. The molecule has 0 heterocycles. The molecule has 258 valence electrons. The predicted octanol–water partition coefficient (Wildman–Crippen LogP) is 7.37. The van der Waals surface area contributed by atoms with Crippen molar-refractivity contribution in [3.05, 3.63) is 156 Å². The number of benzene rings is 5. The van der Waals surface area contributed by atoms with Gasteiger partial charge in [0.05, 0.1) is 10.6 Å². The first-order valence-corrected chi connectivity index (χ1v) is 17.9. The summed E-state index contributed by atoms with van der Waals surface area (Å²) >= 11 is 0. The number of carbonyl (C=O) groups excluding carboxylic acids is 2. The second-order valence-corrected chi connectivity index (χ2v) is 13.7. The summed E-state index contributed by atoms with van der Waals surface area (Å²) in [5.41, 5.74) is 1.18. The Kier molecular flexibility index (Phi) is 12.0. The molecule has 50 heavy (non-hydrogen) atoms. The van der Waals surface area contributed by atoms with E-state index >= 15 is 4.39 Å². The summed E-state index contributed by atoms with van der Waals surface area (Å²) < 4.78 is 50.6. The topological polar surface area (TPSA) is 96.0 Å². The Balaban J connectivity index is 1.56. The molecule has 0 bridgehead atoms. The summed E-state index contributed by atoms with van der Waals surface area (Å²) in [5.74, 6) is -0.582. The average Bonchev–Trinajstić information content (AvgIpc) is 3.14. The molecule has 8 nitrogen and oxygen atoms in total. The number of anilines is 1. The van der Waals surface area contributed by atoms with Crippen molar-refractivity contribution in [1.82, 2.24) is 10.2 Å². The number of nitrogens with one attached hydrogen (secondary N) is 1. The highest BCUT2D eigenvalue weighted by Crippen LogP contribution is 2.29. The largest absolute Gasteiger partial charge is 0.457 e. The number of halogens is 1. The van der Waals surface area contributed by atoms with Crippen LogP contribution >= 0.6 is 0 Å². The zero-order valence-electron chi connectivity index (χ0n) is 28.0. The molecule has 0 saturated heterocycles. The molecule has 2 atom stereocenters. The van der Waals surface area contributed by atoms with Crippen LogP contribution in [0.3, 0.4) is 0 Å². The summed E-state index contributed by atoms with van der Waals surface area (Å²) in [6.07, 6.45) is 0.776. The van der Waals surface area contributed by atoms with Crippen LogP contribution in [-0.2, 0) is 32.6 Å². The molecule has 0 radical (unpaired) electrons. The average molecular weight is 694 g/mol. The van der Waals surface area contributed by atoms with E-state index < -0.39 is 40.2 Å². The lowest BCUT2D eigenvalue weighted by atomic mass is 10.0. The quantitative estimate of drug-likeness (QED) is 0.124. The molecule has 2 amide bonds. The summed E-state index contributed by atoms with van der Waals surface area (Å²) in [6.45, 7) is 2.87. The van der Waals surface area contributed by atoms with Gasteiger partial charge >= 0.3 is 0 Å². The van der Waals surface area contributed by atoms with E-state index in [0.29, 0.717) is 17.9 Å². The van der Waals surface area contributed by atoms with Crippen molar-refractivity contribution in [1.29, 1.82) is 0 Å². The van der Waals surface area contributed by atoms with Gasteiger partial charge in [-0.05, 0) is 73.5 Å². The highest BCUT2D eigenvalue weighted by Gasteiger charge is 2.35. The lowest BCUT2D eigenvalue weighted by molar-refractivity contribution is -0.140. The number of ether oxygens (including phenoxy) is 1. The highest BCUT2D eigenvalue weighted by molar-refractivity contribution is 7.92. The van der Waals surface area contributed by atoms with Crippen LogP contribution in [0.1, 0.15) is 31.4 Å². The molecule has 0 aromatic heterocycles. The third-order valence-electron chi connectivity index (χ3n) is 8.28. The van der Waals surface area contributed by atoms with Gasteiger partial charge in [-0.25, -0.2) is 12.8 Å². The Morgan fingerprint density at radius 1 is 0.760 bits per heavy atom. The fourth-order valence-corrected chi connectivity index (χ4v) is 6.79. The standard InChI is InChI=1S/C40H40FN3O5S/c1-3-30(2)42-40(46)38(27-31-15-7-4-8-16-31)43(28-32-17-13-14-22-37(32)41)39(45)29-44(50(47,48)36-20-11-6-12-21-36)33-23-25-35(26-24-33)49-34-18-9-5-10-19-34/h4-26,30,38H,3,27-29H2,1-2H3,(H,42,46)/t30-,38-/m0/s1. The number of rotatable bonds is 15. The van der Waals surface area contributed by atoms with E-state index in [0.717, 1.165) is 9.87 Å². The van der Waals surface area contributed by atoms with Crippen LogP contribution in [0.5, 0.6) is 11.5 Å². The minimum absolute atomic E-state index is 0.0200. The summed E-state index contributed by atoms with van der Waals surface area (Å²) in [4.78, 5) is 29.8. The molecule has 0 aliphatic rings. The smallest absolute Gasteiger partial charge is 0.264 e. The molecule has 5 aromatic carbocycles. The van der Waals surface area contributed by atoms with E-state index in [2.05, 4.69) is 5.32 Å². The van der Waals surface area contributed by atoms with Gasteiger partial charge in [0.1, 0.15) is 29.9 Å². The number of amides is 2. The van der Waals surface area contributed by atoms with Gasteiger partial charge < -0.3 is 15.0 Å². The van der Waals surface area contributed by atoms with Gasteiger partial charge in [0, 0.05) is 24.6 Å². The van der Waals surface area contributed by atoms with Crippen molar-refractivity contribution in [2.24, 2.45) is 0 Å². The second-order valence-electron chi connectivity index (χ2n) is 11.9. The monoisotopic (exact) mass is 693 g/mol. The van der Waals surface area contributed by atoms with Crippen molar-refractivity contribution in [3.8, 4) is 11.5 Å². The van der Waals surface area contributed by atoms with Crippen LogP contribution < -0.4 is 14.4 Å². The SMILES string of the molecule is CC[C@H](C)NC(=O)[C@H](Cc1ccccc1)N(Cc1ccccc1F)C(=O)CN(c1ccc(Oc2ccccc2)cc1)S(=O)(=O)c1ccccc1. The minimum Gasteiger partial charge on any atom is -0.457 e. The lowest BCUT2D eigenvalue weighted by Crippen LogP contribution is -2.54. The van der Waals surface area contributed by atoms with Crippen molar-refractivity contribution < 1.29 is 27.1 Å². The molecule has 5 aromatic rings. The number of sulfonamides is 1. The van der Waals surface area contributed by atoms with Crippen molar-refractivity contribution >= 4 is 27.5 Å². The maximum absolute atomic E-state index is 15.1. The van der Waals surface area contributed by atoms with E-state index in [-0.39, 0.29) is 35.2 Å². The number of para-hydroxylation sites is 1. The minimum atomic E-state index is -4.29. The van der Waals surface area contributed by atoms with Crippen molar-refractivity contribution in [3.63, 3.8) is 0 Å². The molecular formula is C40H40FN3O5S. The molecule has 0 aliphatic carbocycles. The molecule has 0 aliphatic heterocycles. The first-order chi connectivity index (χ1) is 24.2. The first-order valence-electron chi connectivity index (χ1n) is 16.4. The van der Waals surface area contributed by atoms with Gasteiger partial charge in [-0.1, -0.05) is 91.9 Å². The van der Waals surface area contributed by atoms with Gasteiger partial charge in [-0.3, -0.25) is 13.9 Å². The highest BCUT2D eigenvalue weighted by atomic mass is 32.2. The molecule has 10 heteroatoms. The van der Waals surface area contributed by atoms with Gasteiger partial charge in [0.25, 0.3) is 10.0 Å². The molecule has 0 spiro atoms. The third-order valence-corrected chi connectivity index (χ3v) is 10.1. The normalized spacial score (nSPS) is 12.4. The maximum Gasteiger partial charge on any atom is 0.264 e. The third kappa shape index (κ3) is 9.15. The van der Waals surface area contributed by atoms with Crippen LogP contribution in [-0.4, -0.2) is 43.8 Å². The zero-order chi connectivity index (χ0) is 35.5. The Labute approximate surface area is 293 Å². The van der Waals surface area contributed by atoms with Crippen molar-refractivity contribution in [2.75, 3.05) is 10.8 Å².